The number of hydrogen-bond acceptors (Lipinski definition) is 4. The number of hydrogen-bond donors (Lipinski definition) is 3. The molecule has 0 aromatic rings. The van der Waals surface area contributed by atoms with Gasteiger partial charge in [-0.15, -0.1) is 0 Å². The van der Waals surface area contributed by atoms with Crippen LogP contribution < -0.4 is 5.32 Å². The highest BCUT2D eigenvalue weighted by Gasteiger charge is 2.34. The third kappa shape index (κ3) is 3.17. The Morgan fingerprint density at radius 2 is 2.07 bits per heavy atom. The number of carbonyl (C=O) groups excluding carboxylic acids is 1. The first-order valence-corrected chi connectivity index (χ1v) is 4.84. The second kappa shape index (κ2) is 5.09. The average molecular weight is 217 g/mol. The minimum atomic E-state index is -1.04. The number of nitrogens with one attached hydrogen (secondary N) is 1. The Balaban J connectivity index is 2.40. The molecule has 1 rings (SSSR count). The minimum Gasteiger partial charge on any atom is -0.479 e. The lowest BCUT2D eigenvalue weighted by Crippen LogP contribution is -2.42. The van der Waals surface area contributed by atoms with Gasteiger partial charge in [0.25, 0.3) is 0 Å². The highest BCUT2D eigenvalue weighted by Crippen LogP contribution is 2.19. The highest BCUT2D eigenvalue weighted by molar-refractivity contribution is 5.82. The second-order valence-electron chi connectivity index (χ2n) is 3.62. The van der Waals surface area contributed by atoms with Crippen LogP contribution >= 0.6 is 0 Å². The molecule has 6 heteroatoms. The average Bonchev–Trinajstić information content (AvgIpc) is 2.66. The zero-order chi connectivity index (χ0) is 11.4. The number of amides is 1. The molecule has 1 heterocycles. The van der Waals surface area contributed by atoms with Crippen molar-refractivity contribution in [3.8, 4) is 0 Å². The third-order valence-electron chi connectivity index (χ3n) is 2.25. The first-order chi connectivity index (χ1) is 7.04. The molecule has 1 aliphatic heterocycles. The SMILES string of the molecule is CC(CO)NC(=O)[C@@H]1CC[C@H](C(=O)O)O1. The number of carbonyl (C=O) groups is 2. The van der Waals surface area contributed by atoms with Crippen LogP contribution in [0, 0.1) is 0 Å². The van der Waals surface area contributed by atoms with Crippen LogP contribution in [0.15, 0.2) is 0 Å². The first kappa shape index (κ1) is 11.9. The van der Waals surface area contributed by atoms with E-state index in [0.29, 0.717) is 12.8 Å². The molecule has 1 unspecified atom stereocenters. The van der Waals surface area contributed by atoms with E-state index in [0.717, 1.165) is 0 Å². The molecule has 1 amide bonds. The molecule has 0 bridgehead atoms. The van der Waals surface area contributed by atoms with Gasteiger partial charge in [-0.05, 0) is 19.8 Å². The molecule has 0 aromatic carbocycles. The van der Waals surface area contributed by atoms with Gasteiger partial charge in [0.05, 0.1) is 6.61 Å². The molecular weight excluding hydrogens is 202 g/mol. The van der Waals surface area contributed by atoms with E-state index in [-0.39, 0.29) is 18.6 Å². The Labute approximate surface area is 87.2 Å². The molecule has 3 atom stereocenters. The summed E-state index contributed by atoms with van der Waals surface area (Å²) in [6.07, 6.45) is -0.840. The van der Waals surface area contributed by atoms with Crippen molar-refractivity contribution < 1.29 is 24.5 Å². The minimum absolute atomic E-state index is 0.152. The fraction of sp³-hybridized carbons (Fsp3) is 0.778. The normalized spacial score (nSPS) is 27.3. The molecule has 1 fully saturated rings. The van der Waals surface area contributed by atoms with Crippen molar-refractivity contribution in [2.24, 2.45) is 0 Å². The van der Waals surface area contributed by atoms with Crippen molar-refractivity contribution in [3.63, 3.8) is 0 Å². The van der Waals surface area contributed by atoms with Gasteiger partial charge in [-0.25, -0.2) is 4.79 Å². The van der Waals surface area contributed by atoms with Crippen LogP contribution in [0.4, 0.5) is 0 Å². The van der Waals surface area contributed by atoms with Crippen molar-refractivity contribution in [2.45, 2.75) is 38.0 Å². The molecule has 15 heavy (non-hydrogen) atoms. The lowest BCUT2D eigenvalue weighted by Gasteiger charge is -2.15. The van der Waals surface area contributed by atoms with Crippen molar-refractivity contribution in [3.05, 3.63) is 0 Å². The van der Waals surface area contributed by atoms with E-state index in [1.54, 1.807) is 6.92 Å². The Hall–Kier alpha value is -1.14. The van der Waals surface area contributed by atoms with E-state index >= 15 is 0 Å². The molecule has 6 nitrogen and oxygen atoms in total. The summed E-state index contributed by atoms with van der Waals surface area (Å²) >= 11 is 0. The molecule has 1 saturated heterocycles. The van der Waals surface area contributed by atoms with Crippen LogP contribution in [0.25, 0.3) is 0 Å². The van der Waals surface area contributed by atoms with Gasteiger partial charge in [-0.3, -0.25) is 4.79 Å². The molecule has 0 spiro atoms. The highest BCUT2D eigenvalue weighted by atomic mass is 16.5. The summed E-state index contributed by atoms with van der Waals surface area (Å²) in [4.78, 5) is 22.0. The van der Waals surface area contributed by atoms with E-state index in [9.17, 15) is 9.59 Å². The van der Waals surface area contributed by atoms with E-state index < -0.39 is 18.2 Å². The third-order valence-corrected chi connectivity index (χ3v) is 2.25. The van der Waals surface area contributed by atoms with Crippen LogP contribution in [-0.2, 0) is 14.3 Å². The molecule has 1 aliphatic rings. The van der Waals surface area contributed by atoms with Crippen LogP contribution in [0.3, 0.4) is 0 Å². The largest absolute Gasteiger partial charge is 0.479 e. The fourth-order valence-corrected chi connectivity index (χ4v) is 1.39. The van der Waals surface area contributed by atoms with E-state index in [1.807, 2.05) is 0 Å². The molecule has 0 aromatic heterocycles. The lowest BCUT2D eigenvalue weighted by molar-refractivity contribution is -0.151. The topological polar surface area (TPSA) is 95.9 Å². The first-order valence-electron chi connectivity index (χ1n) is 4.84. The zero-order valence-corrected chi connectivity index (χ0v) is 8.47. The van der Waals surface area contributed by atoms with Crippen LogP contribution in [0.5, 0.6) is 0 Å². The molecule has 3 N–H and O–H groups in total. The van der Waals surface area contributed by atoms with Crippen molar-refractivity contribution in [1.82, 2.24) is 5.32 Å². The van der Waals surface area contributed by atoms with Gasteiger partial charge < -0.3 is 20.3 Å². The summed E-state index contributed by atoms with van der Waals surface area (Å²) in [5, 5.41) is 19.9. The Kier molecular flexibility index (Phi) is 4.05. The Morgan fingerprint density at radius 3 is 2.53 bits per heavy atom. The molecule has 0 radical (unpaired) electrons. The summed E-state index contributed by atoms with van der Waals surface area (Å²) in [5.74, 6) is -1.40. The van der Waals surface area contributed by atoms with Gasteiger partial charge in [0, 0.05) is 6.04 Å². The van der Waals surface area contributed by atoms with Crippen molar-refractivity contribution in [2.75, 3.05) is 6.61 Å². The maximum atomic E-state index is 11.4. The van der Waals surface area contributed by atoms with Crippen molar-refractivity contribution in [1.29, 1.82) is 0 Å². The smallest absolute Gasteiger partial charge is 0.332 e. The molecule has 0 aliphatic carbocycles. The summed E-state index contributed by atoms with van der Waals surface area (Å²) < 4.78 is 5.04. The van der Waals surface area contributed by atoms with E-state index in [1.165, 1.54) is 0 Å². The number of aliphatic carboxylic acids is 1. The van der Waals surface area contributed by atoms with Gasteiger partial charge in [0.2, 0.25) is 5.91 Å². The predicted octanol–water partition coefficient (Wildman–Crippen LogP) is -0.884. The maximum absolute atomic E-state index is 11.4. The van der Waals surface area contributed by atoms with E-state index in [4.69, 9.17) is 14.9 Å². The number of aliphatic hydroxyl groups is 1. The monoisotopic (exact) mass is 217 g/mol. The van der Waals surface area contributed by atoms with Crippen LogP contribution in [0.1, 0.15) is 19.8 Å². The quantitative estimate of drug-likeness (QED) is 0.568. The fourth-order valence-electron chi connectivity index (χ4n) is 1.39. The van der Waals surface area contributed by atoms with Crippen molar-refractivity contribution >= 4 is 11.9 Å². The van der Waals surface area contributed by atoms with Gasteiger partial charge in [0.1, 0.15) is 6.10 Å². The molecule has 0 saturated carbocycles. The van der Waals surface area contributed by atoms with Crippen LogP contribution in [0.2, 0.25) is 0 Å². The number of carboxylic acids is 1. The zero-order valence-electron chi connectivity index (χ0n) is 8.47. The molecular formula is C9H15NO5. The molecule has 86 valence electrons. The van der Waals surface area contributed by atoms with Gasteiger partial charge in [0.15, 0.2) is 6.10 Å². The number of rotatable bonds is 4. The summed E-state index contributed by atoms with van der Waals surface area (Å²) in [7, 11) is 0. The standard InChI is InChI=1S/C9H15NO5/c1-5(4-11)10-8(12)6-2-3-7(15-6)9(13)14/h5-7,11H,2-4H2,1H3,(H,10,12)(H,13,14)/t5?,6-,7+/m0/s1. The lowest BCUT2D eigenvalue weighted by atomic mass is 10.2. The Morgan fingerprint density at radius 1 is 1.47 bits per heavy atom. The second-order valence-corrected chi connectivity index (χ2v) is 3.62. The summed E-state index contributed by atoms with van der Waals surface area (Å²) in [6.45, 7) is 1.50. The van der Waals surface area contributed by atoms with E-state index in [2.05, 4.69) is 5.32 Å². The summed E-state index contributed by atoms with van der Waals surface area (Å²) in [5.41, 5.74) is 0. The number of carboxylic acid groups (broad SMARTS) is 1. The summed E-state index contributed by atoms with van der Waals surface area (Å²) in [6, 6.07) is -0.343. The number of aliphatic hydroxyl groups excluding tert-OH is 1. The Bertz CT molecular complexity index is 255. The number of ether oxygens (including phenoxy) is 1. The van der Waals surface area contributed by atoms with Gasteiger partial charge in [-0.1, -0.05) is 0 Å². The maximum Gasteiger partial charge on any atom is 0.332 e. The van der Waals surface area contributed by atoms with Gasteiger partial charge in [-0.2, -0.15) is 0 Å². The van der Waals surface area contributed by atoms with Crippen LogP contribution in [-0.4, -0.2) is 46.9 Å². The predicted molar refractivity (Wildman–Crippen MR) is 50.2 cm³/mol. The van der Waals surface area contributed by atoms with Gasteiger partial charge >= 0.3 is 5.97 Å².